The Balaban J connectivity index is 2.01. The standard InChI is InChI=1S/C13H18N2O3/c16-9-13(6-1-2-7-13)8-14-11-5-3-4-10(15-11)12(17)18/h3-5,16H,1-2,6-9H2,(H,14,15)(H,17,18). The number of anilines is 1. The first-order valence-electron chi connectivity index (χ1n) is 6.20. The fourth-order valence-corrected chi connectivity index (χ4v) is 2.45. The van der Waals surface area contributed by atoms with E-state index < -0.39 is 5.97 Å². The molecule has 18 heavy (non-hydrogen) atoms. The van der Waals surface area contributed by atoms with Gasteiger partial charge in [-0.1, -0.05) is 18.9 Å². The maximum absolute atomic E-state index is 10.8. The summed E-state index contributed by atoms with van der Waals surface area (Å²) in [5.74, 6) is -0.481. The van der Waals surface area contributed by atoms with Gasteiger partial charge in [-0.15, -0.1) is 0 Å². The van der Waals surface area contributed by atoms with Crippen molar-refractivity contribution in [1.29, 1.82) is 0 Å². The fraction of sp³-hybridized carbons (Fsp3) is 0.538. The lowest BCUT2D eigenvalue weighted by Crippen LogP contribution is -2.30. The van der Waals surface area contributed by atoms with Gasteiger partial charge in [0, 0.05) is 12.0 Å². The Morgan fingerprint density at radius 2 is 2.11 bits per heavy atom. The topological polar surface area (TPSA) is 82.5 Å². The lowest BCUT2D eigenvalue weighted by molar-refractivity contribution is 0.0690. The van der Waals surface area contributed by atoms with Gasteiger partial charge in [0.1, 0.15) is 5.82 Å². The Kier molecular flexibility index (Phi) is 3.81. The van der Waals surface area contributed by atoms with E-state index in [-0.39, 0.29) is 17.7 Å². The van der Waals surface area contributed by atoms with Crippen LogP contribution in [0.2, 0.25) is 0 Å². The summed E-state index contributed by atoms with van der Waals surface area (Å²) < 4.78 is 0. The molecule has 3 N–H and O–H groups in total. The molecule has 1 aromatic rings. The normalized spacial score (nSPS) is 17.6. The van der Waals surface area contributed by atoms with E-state index in [0.717, 1.165) is 25.7 Å². The monoisotopic (exact) mass is 250 g/mol. The molecule has 1 aliphatic carbocycles. The number of aliphatic hydroxyl groups excluding tert-OH is 1. The summed E-state index contributed by atoms with van der Waals surface area (Å²) in [5.41, 5.74) is -0.0366. The summed E-state index contributed by atoms with van der Waals surface area (Å²) in [5, 5.41) is 21.5. The molecule has 1 heterocycles. The molecule has 0 saturated heterocycles. The molecule has 0 bridgehead atoms. The van der Waals surface area contributed by atoms with Gasteiger partial charge < -0.3 is 15.5 Å². The van der Waals surface area contributed by atoms with E-state index in [9.17, 15) is 9.90 Å². The van der Waals surface area contributed by atoms with Gasteiger partial charge in [-0.3, -0.25) is 0 Å². The highest BCUT2D eigenvalue weighted by Gasteiger charge is 2.32. The first-order chi connectivity index (χ1) is 8.65. The average molecular weight is 250 g/mol. The van der Waals surface area contributed by atoms with Crippen LogP contribution in [0.4, 0.5) is 5.82 Å². The summed E-state index contributed by atoms with van der Waals surface area (Å²) in [7, 11) is 0. The van der Waals surface area contributed by atoms with Crippen LogP contribution >= 0.6 is 0 Å². The first-order valence-corrected chi connectivity index (χ1v) is 6.20. The number of carboxylic acid groups (broad SMARTS) is 1. The number of aliphatic hydroxyl groups is 1. The molecule has 5 heteroatoms. The predicted molar refractivity (Wildman–Crippen MR) is 67.7 cm³/mol. The molecule has 0 unspecified atom stereocenters. The molecule has 98 valence electrons. The predicted octanol–water partition coefficient (Wildman–Crippen LogP) is 1.74. The molecule has 0 amide bonds. The Hall–Kier alpha value is -1.62. The van der Waals surface area contributed by atoms with Gasteiger partial charge >= 0.3 is 5.97 Å². The molecule has 0 aliphatic heterocycles. The lowest BCUT2D eigenvalue weighted by atomic mass is 9.87. The molecule has 0 aromatic carbocycles. The Labute approximate surface area is 106 Å². The van der Waals surface area contributed by atoms with E-state index >= 15 is 0 Å². The number of pyridine rings is 1. The average Bonchev–Trinajstić information content (AvgIpc) is 2.86. The first kappa shape index (κ1) is 12.8. The number of hydrogen-bond acceptors (Lipinski definition) is 4. The maximum Gasteiger partial charge on any atom is 0.354 e. The van der Waals surface area contributed by atoms with Crippen LogP contribution in [0.3, 0.4) is 0 Å². The highest BCUT2D eigenvalue weighted by molar-refractivity contribution is 5.85. The van der Waals surface area contributed by atoms with E-state index in [2.05, 4.69) is 10.3 Å². The van der Waals surface area contributed by atoms with E-state index in [4.69, 9.17) is 5.11 Å². The number of carbonyl (C=O) groups is 1. The summed E-state index contributed by atoms with van der Waals surface area (Å²) in [6.45, 7) is 0.804. The summed E-state index contributed by atoms with van der Waals surface area (Å²) in [6, 6.07) is 4.87. The van der Waals surface area contributed by atoms with Crippen molar-refractivity contribution in [3.63, 3.8) is 0 Å². The highest BCUT2D eigenvalue weighted by Crippen LogP contribution is 2.37. The second-order valence-corrected chi connectivity index (χ2v) is 4.93. The van der Waals surface area contributed by atoms with Gasteiger partial charge in [0.2, 0.25) is 0 Å². The third kappa shape index (κ3) is 2.79. The van der Waals surface area contributed by atoms with Crippen LogP contribution in [0, 0.1) is 5.41 Å². The van der Waals surface area contributed by atoms with Crippen LogP contribution < -0.4 is 5.32 Å². The second-order valence-electron chi connectivity index (χ2n) is 4.93. The van der Waals surface area contributed by atoms with Crippen molar-refractivity contribution in [2.45, 2.75) is 25.7 Å². The highest BCUT2D eigenvalue weighted by atomic mass is 16.4. The van der Waals surface area contributed by atoms with Crippen LogP contribution in [-0.2, 0) is 0 Å². The van der Waals surface area contributed by atoms with Crippen molar-refractivity contribution in [2.24, 2.45) is 5.41 Å². The van der Waals surface area contributed by atoms with Gasteiger partial charge in [-0.2, -0.15) is 0 Å². The third-order valence-electron chi connectivity index (χ3n) is 3.61. The number of carboxylic acids is 1. The number of nitrogens with one attached hydrogen (secondary N) is 1. The van der Waals surface area contributed by atoms with Crippen molar-refractivity contribution in [3.8, 4) is 0 Å². The van der Waals surface area contributed by atoms with Crippen molar-refractivity contribution >= 4 is 11.8 Å². The molecule has 0 atom stereocenters. The van der Waals surface area contributed by atoms with Gasteiger partial charge in [0.25, 0.3) is 0 Å². The Bertz CT molecular complexity index is 428. The minimum Gasteiger partial charge on any atom is -0.477 e. The third-order valence-corrected chi connectivity index (χ3v) is 3.61. The van der Waals surface area contributed by atoms with E-state index in [0.29, 0.717) is 12.4 Å². The molecule has 1 aromatic heterocycles. The van der Waals surface area contributed by atoms with Crippen LogP contribution in [0.25, 0.3) is 0 Å². The van der Waals surface area contributed by atoms with Crippen LogP contribution in [0.5, 0.6) is 0 Å². The number of rotatable bonds is 5. The fourth-order valence-electron chi connectivity index (χ4n) is 2.45. The molecule has 2 rings (SSSR count). The second kappa shape index (κ2) is 5.35. The molecular weight excluding hydrogens is 232 g/mol. The van der Waals surface area contributed by atoms with Crippen molar-refractivity contribution in [3.05, 3.63) is 23.9 Å². The van der Waals surface area contributed by atoms with E-state index in [1.54, 1.807) is 12.1 Å². The van der Waals surface area contributed by atoms with Gasteiger partial charge in [0.05, 0.1) is 6.61 Å². The summed E-state index contributed by atoms with van der Waals surface area (Å²) in [4.78, 5) is 14.8. The van der Waals surface area contributed by atoms with Crippen molar-refractivity contribution in [2.75, 3.05) is 18.5 Å². The van der Waals surface area contributed by atoms with Crippen LogP contribution in [0.1, 0.15) is 36.2 Å². The molecular formula is C13H18N2O3. The summed E-state index contributed by atoms with van der Waals surface area (Å²) in [6.07, 6.45) is 4.31. The van der Waals surface area contributed by atoms with E-state index in [1.165, 1.54) is 6.07 Å². The van der Waals surface area contributed by atoms with E-state index in [1.807, 2.05) is 0 Å². The zero-order chi connectivity index (χ0) is 13.0. The quantitative estimate of drug-likeness (QED) is 0.741. The van der Waals surface area contributed by atoms with Crippen LogP contribution in [0.15, 0.2) is 18.2 Å². The molecule has 1 saturated carbocycles. The Morgan fingerprint density at radius 3 is 2.72 bits per heavy atom. The number of aromatic carboxylic acids is 1. The van der Waals surface area contributed by atoms with Crippen molar-refractivity contribution < 1.29 is 15.0 Å². The van der Waals surface area contributed by atoms with Gasteiger partial charge in [-0.05, 0) is 25.0 Å². The van der Waals surface area contributed by atoms with Crippen molar-refractivity contribution in [1.82, 2.24) is 4.98 Å². The minimum atomic E-state index is -1.03. The van der Waals surface area contributed by atoms with Crippen LogP contribution in [-0.4, -0.2) is 34.3 Å². The maximum atomic E-state index is 10.8. The molecule has 0 radical (unpaired) electrons. The van der Waals surface area contributed by atoms with Gasteiger partial charge in [0.15, 0.2) is 5.69 Å². The summed E-state index contributed by atoms with van der Waals surface area (Å²) >= 11 is 0. The largest absolute Gasteiger partial charge is 0.477 e. The lowest BCUT2D eigenvalue weighted by Gasteiger charge is -2.26. The number of hydrogen-bond donors (Lipinski definition) is 3. The Morgan fingerprint density at radius 1 is 1.39 bits per heavy atom. The zero-order valence-corrected chi connectivity index (χ0v) is 10.2. The minimum absolute atomic E-state index is 0.0319. The molecule has 1 fully saturated rings. The molecule has 0 spiro atoms. The number of aromatic nitrogens is 1. The number of nitrogens with zero attached hydrogens (tertiary/aromatic N) is 1. The molecule has 5 nitrogen and oxygen atoms in total. The molecule has 1 aliphatic rings. The SMILES string of the molecule is O=C(O)c1cccc(NCC2(CO)CCCC2)n1. The smallest absolute Gasteiger partial charge is 0.354 e. The van der Waals surface area contributed by atoms with Gasteiger partial charge in [-0.25, -0.2) is 9.78 Å². The zero-order valence-electron chi connectivity index (χ0n) is 10.2.